The number of benzene rings is 2. The van der Waals surface area contributed by atoms with Gasteiger partial charge in [-0.15, -0.1) is 0 Å². The number of rotatable bonds is 4. The molecular weight excluding hydrogens is 434 g/mol. The summed E-state index contributed by atoms with van der Waals surface area (Å²) in [4.78, 5) is 3.49. The van der Waals surface area contributed by atoms with Crippen LogP contribution < -0.4 is 5.43 Å². The topological polar surface area (TPSA) is 37.3 Å². The zero-order valence-corrected chi connectivity index (χ0v) is 15.3. The van der Waals surface area contributed by atoms with Crippen LogP contribution in [-0.2, 0) is 6.18 Å². The van der Waals surface area contributed by atoms with Crippen molar-refractivity contribution in [3.05, 3.63) is 70.1 Å². The molecule has 3 nitrogen and oxygen atoms in total. The molecule has 0 aliphatic heterocycles. The van der Waals surface area contributed by atoms with Gasteiger partial charge < -0.3 is 0 Å². The normalized spacial score (nSPS) is 11.9. The lowest BCUT2D eigenvalue weighted by Gasteiger charge is -2.05. The highest BCUT2D eigenvalue weighted by molar-refractivity contribution is 9.10. The molecule has 1 heterocycles. The highest BCUT2D eigenvalue weighted by Crippen LogP contribution is 2.41. The molecule has 9 heteroatoms. The first-order chi connectivity index (χ1) is 12.3. The summed E-state index contributed by atoms with van der Waals surface area (Å²) in [5, 5.41) is 3.91. The average molecular weight is 444 g/mol. The average Bonchev–Trinajstić information content (AvgIpc) is 3.02. The highest BCUT2D eigenvalue weighted by atomic mass is 79.9. The summed E-state index contributed by atoms with van der Waals surface area (Å²) in [6, 6.07) is 12.0. The van der Waals surface area contributed by atoms with Gasteiger partial charge >= 0.3 is 6.18 Å². The van der Waals surface area contributed by atoms with E-state index in [2.05, 4.69) is 31.4 Å². The summed E-state index contributed by atoms with van der Waals surface area (Å²) in [6.07, 6.45) is -3.16. The van der Waals surface area contributed by atoms with Gasteiger partial charge in [0.2, 0.25) is 5.13 Å². The second-order valence-electron chi connectivity index (χ2n) is 5.12. The molecule has 134 valence electrons. The molecule has 0 saturated heterocycles. The van der Waals surface area contributed by atoms with Gasteiger partial charge in [-0.3, -0.25) is 5.43 Å². The Morgan fingerprint density at radius 3 is 2.31 bits per heavy atom. The van der Waals surface area contributed by atoms with Crippen LogP contribution in [0.2, 0.25) is 0 Å². The first-order valence-corrected chi connectivity index (χ1v) is 8.82. The third-order valence-corrected chi connectivity index (χ3v) is 4.78. The monoisotopic (exact) mass is 443 g/mol. The quantitative estimate of drug-likeness (QED) is 0.297. The number of halogens is 5. The molecule has 2 aromatic carbocycles. The van der Waals surface area contributed by atoms with E-state index in [9.17, 15) is 17.6 Å². The molecule has 1 aromatic heterocycles. The minimum Gasteiger partial charge on any atom is -0.253 e. The molecule has 0 unspecified atom stereocenters. The van der Waals surface area contributed by atoms with Crippen molar-refractivity contribution in [3.8, 4) is 10.4 Å². The Morgan fingerprint density at radius 1 is 1.04 bits per heavy atom. The van der Waals surface area contributed by atoms with Crippen LogP contribution in [0, 0.1) is 5.82 Å². The van der Waals surface area contributed by atoms with E-state index in [-0.39, 0.29) is 15.6 Å². The first kappa shape index (κ1) is 18.5. The van der Waals surface area contributed by atoms with Crippen molar-refractivity contribution in [1.29, 1.82) is 0 Å². The molecule has 0 saturated carbocycles. The first-order valence-electron chi connectivity index (χ1n) is 7.21. The molecule has 0 amide bonds. The van der Waals surface area contributed by atoms with E-state index in [0.717, 1.165) is 33.5 Å². The number of aromatic nitrogens is 1. The van der Waals surface area contributed by atoms with Crippen LogP contribution in [0.15, 0.2) is 58.1 Å². The zero-order chi connectivity index (χ0) is 18.7. The molecule has 0 radical (unpaired) electrons. The number of anilines is 1. The Hall–Kier alpha value is -2.26. The van der Waals surface area contributed by atoms with Crippen LogP contribution in [0.25, 0.3) is 10.4 Å². The van der Waals surface area contributed by atoms with Crippen LogP contribution >= 0.6 is 27.3 Å². The van der Waals surface area contributed by atoms with Crippen molar-refractivity contribution >= 4 is 38.6 Å². The smallest absolute Gasteiger partial charge is 0.253 e. The van der Waals surface area contributed by atoms with Crippen molar-refractivity contribution < 1.29 is 17.6 Å². The SMILES string of the molecule is Fc1ccc(-c2sc(NN=Cc3ccc(Br)cc3)nc2C(F)(F)F)cc1. The number of nitrogens with zero attached hydrogens (tertiary/aromatic N) is 2. The molecule has 0 aliphatic carbocycles. The molecule has 0 fully saturated rings. The number of hydrogen-bond donors (Lipinski definition) is 1. The molecule has 0 bridgehead atoms. The lowest BCUT2D eigenvalue weighted by atomic mass is 10.1. The van der Waals surface area contributed by atoms with E-state index in [1.165, 1.54) is 18.3 Å². The summed E-state index contributed by atoms with van der Waals surface area (Å²) < 4.78 is 53.7. The van der Waals surface area contributed by atoms with Crippen molar-refractivity contribution in [2.75, 3.05) is 5.43 Å². The highest BCUT2D eigenvalue weighted by Gasteiger charge is 2.38. The maximum absolute atomic E-state index is 13.3. The molecule has 26 heavy (non-hydrogen) atoms. The fourth-order valence-corrected chi connectivity index (χ4v) is 3.27. The zero-order valence-electron chi connectivity index (χ0n) is 12.9. The minimum absolute atomic E-state index is 0.00925. The van der Waals surface area contributed by atoms with E-state index in [1.807, 2.05) is 12.1 Å². The predicted octanol–water partition coefficient (Wildman–Crippen LogP) is 6.18. The van der Waals surface area contributed by atoms with Crippen LogP contribution in [-0.4, -0.2) is 11.2 Å². The summed E-state index contributed by atoms with van der Waals surface area (Å²) in [5.74, 6) is -0.524. The van der Waals surface area contributed by atoms with E-state index < -0.39 is 17.7 Å². The molecule has 3 aromatic rings. The van der Waals surface area contributed by atoms with Gasteiger partial charge in [0.15, 0.2) is 5.69 Å². The van der Waals surface area contributed by atoms with Crippen LogP contribution in [0.5, 0.6) is 0 Å². The summed E-state index contributed by atoms with van der Waals surface area (Å²) in [5.41, 5.74) is 2.49. The van der Waals surface area contributed by atoms with Gasteiger partial charge in [0.05, 0.1) is 11.1 Å². The molecule has 0 aliphatic rings. The second kappa shape index (κ2) is 7.55. The van der Waals surface area contributed by atoms with Crippen molar-refractivity contribution in [3.63, 3.8) is 0 Å². The number of hydrogen-bond acceptors (Lipinski definition) is 4. The van der Waals surface area contributed by atoms with Gasteiger partial charge in [-0.05, 0) is 35.4 Å². The van der Waals surface area contributed by atoms with Gasteiger partial charge in [0.25, 0.3) is 0 Å². The summed E-state index contributed by atoms with van der Waals surface area (Å²) in [7, 11) is 0. The van der Waals surface area contributed by atoms with Crippen LogP contribution in [0.3, 0.4) is 0 Å². The number of alkyl halides is 3. The third kappa shape index (κ3) is 4.47. The summed E-state index contributed by atoms with van der Waals surface area (Å²) in [6.45, 7) is 0. The van der Waals surface area contributed by atoms with Crippen LogP contribution in [0.1, 0.15) is 11.3 Å². The van der Waals surface area contributed by atoms with Crippen molar-refractivity contribution in [1.82, 2.24) is 4.98 Å². The third-order valence-electron chi connectivity index (χ3n) is 3.25. The van der Waals surface area contributed by atoms with Crippen molar-refractivity contribution in [2.45, 2.75) is 6.18 Å². The van der Waals surface area contributed by atoms with E-state index >= 15 is 0 Å². The van der Waals surface area contributed by atoms with E-state index in [0.29, 0.717) is 0 Å². The fraction of sp³-hybridized carbons (Fsp3) is 0.0588. The van der Waals surface area contributed by atoms with Gasteiger partial charge in [0.1, 0.15) is 5.82 Å². The molecule has 0 spiro atoms. The Kier molecular flexibility index (Phi) is 5.38. The number of hydrazone groups is 1. The van der Waals surface area contributed by atoms with Crippen LogP contribution in [0.4, 0.5) is 22.7 Å². The predicted molar refractivity (Wildman–Crippen MR) is 97.9 cm³/mol. The second-order valence-corrected chi connectivity index (χ2v) is 7.04. The fourth-order valence-electron chi connectivity index (χ4n) is 2.07. The lowest BCUT2D eigenvalue weighted by molar-refractivity contribution is -0.140. The van der Waals surface area contributed by atoms with Gasteiger partial charge in [-0.2, -0.15) is 18.3 Å². The molecule has 1 N–H and O–H groups in total. The van der Waals surface area contributed by atoms with E-state index in [1.54, 1.807) is 12.1 Å². The maximum atomic E-state index is 13.3. The number of nitrogens with one attached hydrogen (secondary N) is 1. The van der Waals surface area contributed by atoms with Gasteiger partial charge in [0, 0.05) is 4.47 Å². The Labute approximate surface area is 158 Å². The van der Waals surface area contributed by atoms with E-state index in [4.69, 9.17) is 0 Å². The van der Waals surface area contributed by atoms with Gasteiger partial charge in [-0.25, -0.2) is 9.37 Å². The number of thiazole rings is 1. The molecule has 3 rings (SSSR count). The van der Waals surface area contributed by atoms with Crippen molar-refractivity contribution in [2.24, 2.45) is 5.10 Å². The Balaban J connectivity index is 1.86. The molecular formula is C17H10BrF4N3S. The summed E-state index contributed by atoms with van der Waals surface area (Å²) >= 11 is 4.10. The Morgan fingerprint density at radius 2 is 1.69 bits per heavy atom. The minimum atomic E-state index is -4.63. The van der Waals surface area contributed by atoms with Gasteiger partial charge in [-0.1, -0.05) is 51.5 Å². The Bertz CT molecular complexity index is 919. The standard InChI is InChI=1S/C17H10BrF4N3S/c18-12-5-1-10(2-6-12)9-23-25-16-24-15(17(20,21)22)14(26-16)11-3-7-13(19)8-4-11/h1-9H,(H,24,25). The largest absolute Gasteiger partial charge is 0.434 e. The lowest BCUT2D eigenvalue weighted by Crippen LogP contribution is -2.07. The maximum Gasteiger partial charge on any atom is 0.434 e. The molecule has 0 atom stereocenters.